The highest BCUT2D eigenvalue weighted by atomic mass is 19.4. The molecule has 0 fully saturated rings. The largest absolute Gasteiger partial charge is 0.416 e. The molecule has 6 heteroatoms. The van der Waals surface area contributed by atoms with Crippen LogP contribution in [0.25, 0.3) is 0 Å². The topological polar surface area (TPSA) is 0 Å². The van der Waals surface area contributed by atoms with Crippen LogP contribution in [-0.2, 0) is 18.8 Å². The zero-order chi connectivity index (χ0) is 14.7. The fourth-order valence-corrected chi connectivity index (χ4v) is 1.61. The maximum absolute atomic E-state index is 12.5. The maximum Gasteiger partial charge on any atom is 0.416 e. The van der Waals surface area contributed by atoms with Crippen molar-refractivity contribution in [1.82, 2.24) is 0 Å². The van der Waals surface area contributed by atoms with Crippen LogP contribution in [0.3, 0.4) is 0 Å². The first-order valence-electron chi connectivity index (χ1n) is 5.54. The Labute approximate surface area is 106 Å². The van der Waals surface area contributed by atoms with E-state index in [4.69, 9.17) is 0 Å². The lowest BCUT2D eigenvalue weighted by molar-refractivity contribution is -0.143. The highest BCUT2D eigenvalue weighted by molar-refractivity contribution is 5.33. The van der Waals surface area contributed by atoms with E-state index < -0.39 is 23.5 Å². The molecule has 0 aliphatic carbocycles. The van der Waals surface area contributed by atoms with Crippen molar-refractivity contribution in [1.29, 1.82) is 0 Å². The Hall–Kier alpha value is -1.46. The SMILES string of the molecule is C=CCCCc1cc(C(F)(F)F)cc(C(F)(F)F)c1. The second-order valence-corrected chi connectivity index (χ2v) is 4.10. The number of allylic oxidation sites excluding steroid dienone is 1. The number of aryl methyl sites for hydroxylation is 1. The molecule has 0 atom stereocenters. The molecule has 106 valence electrons. The third kappa shape index (κ3) is 4.61. The summed E-state index contributed by atoms with van der Waals surface area (Å²) in [7, 11) is 0. The normalized spacial score (nSPS) is 12.5. The van der Waals surface area contributed by atoms with Gasteiger partial charge >= 0.3 is 12.4 Å². The lowest BCUT2D eigenvalue weighted by Gasteiger charge is -2.14. The van der Waals surface area contributed by atoms with Crippen molar-refractivity contribution in [2.45, 2.75) is 31.6 Å². The Balaban J connectivity index is 3.13. The van der Waals surface area contributed by atoms with Gasteiger partial charge in [0.1, 0.15) is 0 Å². The number of halogens is 6. The van der Waals surface area contributed by atoms with Crippen molar-refractivity contribution in [2.75, 3.05) is 0 Å². The van der Waals surface area contributed by atoms with Gasteiger partial charge in [-0.1, -0.05) is 6.08 Å². The van der Waals surface area contributed by atoms with Crippen molar-refractivity contribution in [3.63, 3.8) is 0 Å². The fraction of sp³-hybridized carbons (Fsp3) is 0.385. The highest BCUT2D eigenvalue weighted by Gasteiger charge is 2.36. The fourth-order valence-electron chi connectivity index (χ4n) is 1.61. The van der Waals surface area contributed by atoms with E-state index in [1.807, 2.05) is 0 Å². The molecule has 1 aromatic rings. The molecule has 1 rings (SSSR count). The molecular weight excluding hydrogens is 270 g/mol. The molecule has 0 aliphatic heterocycles. The summed E-state index contributed by atoms with van der Waals surface area (Å²) in [5.41, 5.74) is -2.50. The number of benzene rings is 1. The van der Waals surface area contributed by atoms with E-state index in [2.05, 4.69) is 6.58 Å². The predicted molar refractivity (Wildman–Crippen MR) is 59.6 cm³/mol. The smallest absolute Gasteiger partial charge is 0.166 e. The predicted octanol–water partition coefficient (Wildman–Crippen LogP) is 5.23. The Morgan fingerprint density at radius 3 is 1.74 bits per heavy atom. The summed E-state index contributed by atoms with van der Waals surface area (Å²) in [5.74, 6) is 0. The Morgan fingerprint density at radius 1 is 0.895 bits per heavy atom. The monoisotopic (exact) mass is 282 g/mol. The van der Waals surface area contributed by atoms with Crippen LogP contribution in [0.15, 0.2) is 30.9 Å². The molecule has 0 saturated heterocycles. The molecule has 19 heavy (non-hydrogen) atoms. The van der Waals surface area contributed by atoms with Gasteiger partial charge in [-0.2, -0.15) is 26.3 Å². The van der Waals surface area contributed by atoms with E-state index in [-0.39, 0.29) is 18.1 Å². The molecule has 0 amide bonds. The molecule has 0 nitrogen and oxygen atoms in total. The number of rotatable bonds is 4. The molecule has 0 aliphatic rings. The van der Waals surface area contributed by atoms with Crippen LogP contribution in [0.1, 0.15) is 29.5 Å². The summed E-state index contributed by atoms with van der Waals surface area (Å²) in [4.78, 5) is 0. The standard InChI is InChI=1S/C13H12F6/c1-2-3-4-5-9-6-10(12(14,15)16)8-11(7-9)13(17,18)19/h2,6-8H,1,3-5H2. The molecule has 0 unspecified atom stereocenters. The first-order valence-corrected chi connectivity index (χ1v) is 5.54. The first-order chi connectivity index (χ1) is 8.64. The van der Waals surface area contributed by atoms with Crippen molar-refractivity contribution < 1.29 is 26.3 Å². The van der Waals surface area contributed by atoms with Crippen molar-refractivity contribution in [3.05, 3.63) is 47.5 Å². The van der Waals surface area contributed by atoms with E-state index in [1.54, 1.807) is 6.08 Å². The van der Waals surface area contributed by atoms with E-state index >= 15 is 0 Å². The zero-order valence-electron chi connectivity index (χ0n) is 9.91. The summed E-state index contributed by atoms with van der Waals surface area (Å²) < 4.78 is 75.2. The number of hydrogen-bond acceptors (Lipinski definition) is 0. The van der Waals surface area contributed by atoms with Gasteiger partial charge in [-0.15, -0.1) is 6.58 Å². The van der Waals surface area contributed by atoms with Crippen LogP contribution in [0, 0.1) is 0 Å². The van der Waals surface area contributed by atoms with Crippen LogP contribution in [0.4, 0.5) is 26.3 Å². The van der Waals surface area contributed by atoms with Gasteiger partial charge < -0.3 is 0 Å². The Bertz CT molecular complexity index is 409. The Morgan fingerprint density at radius 2 is 1.37 bits per heavy atom. The zero-order valence-corrected chi connectivity index (χ0v) is 9.91. The van der Waals surface area contributed by atoms with E-state index in [9.17, 15) is 26.3 Å². The van der Waals surface area contributed by atoms with Gasteiger partial charge in [-0.3, -0.25) is 0 Å². The van der Waals surface area contributed by atoms with E-state index in [0.29, 0.717) is 12.8 Å². The minimum Gasteiger partial charge on any atom is -0.166 e. The molecule has 0 spiro atoms. The average Bonchev–Trinajstić information content (AvgIpc) is 2.27. The lowest BCUT2D eigenvalue weighted by Crippen LogP contribution is -2.11. The van der Waals surface area contributed by atoms with E-state index in [1.165, 1.54) is 0 Å². The van der Waals surface area contributed by atoms with Crippen LogP contribution in [0.5, 0.6) is 0 Å². The van der Waals surface area contributed by atoms with Gasteiger partial charge in [-0.25, -0.2) is 0 Å². The number of alkyl halides is 6. The third-order valence-electron chi connectivity index (χ3n) is 2.52. The van der Waals surface area contributed by atoms with Crippen LogP contribution in [-0.4, -0.2) is 0 Å². The second kappa shape index (κ2) is 5.67. The maximum atomic E-state index is 12.5. The van der Waals surface area contributed by atoms with Gasteiger partial charge in [0.25, 0.3) is 0 Å². The lowest BCUT2D eigenvalue weighted by atomic mass is 10.0. The van der Waals surface area contributed by atoms with Gasteiger partial charge in [0.2, 0.25) is 0 Å². The summed E-state index contributed by atoms with van der Waals surface area (Å²) in [6.45, 7) is 3.45. The van der Waals surface area contributed by atoms with Crippen molar-refractivity contribution in [3.8, 4) is 0 Å². The van der Waals surface area contributed by atoms with Crippen LogP contribution < -0.4 is 0 Å². The molecule has 0 radical (unpaired) electrons. The molecular formula is C13H12F6. The molecule has 0 heterocycles. The molecule has 0 N–H and O–H groups in total. The second-order valence-electron chi connectivity index (χ2n) is 4.10. The average molecular weight is 282 g/mol. The molecule has 1 aromatic carbocycles. The van der Waals surface area contributed by atoms with Crippen LogP contribution >= 0.6 is 0 Å². The first kappa shape index (κ1) is 15.6. The molecule has 0 aromatic heterocycles. The van der Waals surface area contributed by atoms with Crippen molar-refractivity contribution >= 4 is 0 Å². The summed E-state index contributed by atoms with van der Waals surface area (Å²) in [6.07, 6.45) is -6.85. The Kier molecular flexibility index (Phi) is 4.66. The third-order valence-corrected chi connectivity index (χ3v) is 2.52. The van der Waals surface area contributed by atoms with E-state index in [0.717, 1.165) is 12.1 Å². The van der Waals surface area contributed by atoms with Gasteiger partial charge in [0.15, 0.2) is 0 Å². The van der Waals surface area contributed by atoms with Gasteiger partial charge in [0, 0.05) is 0 Å². The summed E-state index contributed by atoms with van der Waals surface area (Å²) in [5, 5.41) is 0. The minimum atomic E-state index is -4.78. The van der Waals surface area contributed by atoms with Gasteiger partial charge in [0.05, 0.1) is 11.1 Å². The quantitative estimate of drug-likeness (QED) is 0.403. The highest BCUT2D eigenvalue weighted by Crippen LogP contribution is 2.36. The van der Waals surface area contributed by atoms with Gasteiger partial charge in [-0.05, 0) is 43.0 Å². The number of unbranched alkanes of at least 4 members (excludes halogenated alkanes) is 1. The minimum absolute atomic E-state index is 0.0315. The summed E-state index contributed by atoms with van der Waals surface area (Å²) >= 11 is 0. The molecule has 0 saturated carbocycles. The van der Waals surface area contributed by atoms with Crippen LogP contribution in [0.2, 0.25) is 0 Å². The number of hydrogen-bond donors (Lipinski definition) is 0. The van der Waals surface area contributed by atoms with Crippen molar-refractivity contribution in [2.24, 2.45) is 0 Å². The summed E-state index contributed by atoms with van der Waals surface area (Å²) in [6, 6.07) is 1.66. The molecule has 0 bridgehead atoms.